The molecule has 0 heterocycles. The zero-order chi connectivity index (χ0) is 32.4. The third-order valence-corrected chi connectivity index (χ3v) is 9.22. The van der Waals surface area contributed by atoms with E-state index < -0.39 is 76.5 Å². The van der Waals surface area contributed by atoms with Gasteiger partial charge >= 0.3 is 6.09 Å². The zero-order valence-corrected chi connectivity index (χ0v) is 25.0. The summed E-state index contributed by atoms with van der Waals surface area (Å²) in [6.45, 7) is 1.87. The Balaban J connectivity index is 1.56. The number of hydrogen-bond donors (Lipinski definition) is 5. The van der Waals surface area contributed by atoms with Crippen LogP contribution in [0.2, 0.25) is 0 Å². The fourth-order valence-electron chi connectivity index (χ4n) is 7.21. The number of rotatable bonds is 5. The number of phenols is 1. The number of aryl methyl sites for hydroxylation is 1. The Hall–Kier alpha value is -4.33. The van der Waals surface area contributed by atoms with Crippen LogP contribution in [0.1, 0.15) is 27.9 Å². The second-order valence-electron chi connectivity index (χ2n) is 12.3. The molecule has 0 radical (unpaired) electrons. The molecule has 13 heteroatoms. The van der Waals surface area contributed by atoms with Gasteiger partial charge in [0.1, 0.15) is 17.4 Å². The number of anilines is 2. The fraction of sp³-hybridized carbons (Fsp3) is 0.452. The van der Waals surface area contributed by atoms with Gasteiger partial charge in [-0.1, -0.05) is 17.7 Å². The molecule has 5 rings (SSSR count). The highest BCUT2D eigenvalue weighted by molar-refractivity contribution is 6.26. The summed E-state index contributed by atoms with van der Waals surface area (Å²) in [6.07, 6.45) is -2.40. The molecule has 2 aromatic rings. The molecule has 2 saturated carbocycles. The van der Waals surface area contributed by atoms with Crippen molar-refractivity contribution in [3.05, 3.63) is 47.0 Å². The van der Waals surface area contributed by atoms with Crippen molar-refractivity contribution in [2.24, 2.45) is 29.4 Å². The van der Waals surface area contributed by atoms with E-state index in [0.29, 0.717) is 11.3 Å². The average Bonchev–Trinajstić information content (AvgIpc) is 2.93. The Morgan fingerprint density at radius 2 is 1.70 bits per heavy atom. The monoisotopic (exact) mass is 608 g/mol. The number of phenolic OH excluding ortho intramolecular Hbond substituents is 1. The number of ketones is 3. The summed E-state index contributed by atoms with van der Waals surface area (Å²) in [7, 11) is 6.59. The second-order valence-corrected chi connectivity index (χ2v) is 12.3. The van der Waals surface area contributed by atoms with Gasteiger partial charge in [0.25, 0.3) is 0 Å². The van der Waals surface area contributed by atoms with Gasteiger partial charge in [0.05, 0.1) is 23.3 Å². The average molecular weight is 609 g/mol. The van der Waals surface area contributed by atoms with Crippen LogP contribution in [-0.2, 0) is 20.8 Å². The number of nitrogens with two attached hydrogens (primary N) is 1. The number of aromatic hydroxyl groups is 1. The number of nitrogens with one attached hydrogen (secondary N) is 1. The van der Waals surface area contributed by atoms with Crippen molar-refractivity contribution >= 4 is 40.7 Å². The first kappa shape index (κ1) is 31.1. The van der Waals surface area contributed by atoms with Gasteiger partial charge in [0.2, 0.25) is 5.91 Å². The molecular weight excluding hydrogens is 572 g/mol. The summed E-state index contributed by atoms with van der Waals surface area (Å²) in [5.74, 6) is -9.94. The molecule has 2 amide bonds. The molecule has 44 heavy (non-hydrogen) atoms. The fourth-order valence-corrected chi connectivity index (χ4v) is 7.21. The lowest BCUT2D eigenvalue weighted by atomic mass is 9.52. The van der Waals surface area contributed by atoms with Crippen LogP contribution in [0.4, 0.5) is 16.2 Å². The summed E-state index contributed by atoms with van der Waals surface area (Å²) in [5.41, 5.74) is 4.16. The van der Waals surface area contributed by atoms with E-state index in [2.05, 4.69) is 5.32 Å². The van der Waals surface area contributed by atoms with Crippen LogP contribution in [0.3, 0.4) is 0 Å². The molecule has 7 atom stereocenters. The standard InChI is InChI=1S/C31H36N4O9/c1-13-6-8-15(9-7-13)44-30(42)33-18-12-19(34(2)3)16-10-14-11-17-23(35(4)5)26(38)22(29(32)41)28(40)31(17,43)27(39)20(14)25(37)21(16)24(18)36/h6-9,12,14,17,20,22-23,26,36,38,43H,10-11H2,1-5H3,(H2,32,41)(H,33,42)/t14-,17-,20?,22?,23-,26?,31-/m1/s1. The molecule has 0 aromatic heterocycles. The van der Waals surface area contributed by atoms with E-state index in [9.17, 15) is 39.3 Å². The molecule has 234 valence electrons. The van der Waals surface area contributed by atoms with E-state index in [1.807, 2.05) is 6.92 Å². The van der Waals surface area contributed by atoms with Gasteiger partial charge in [-0.3, -0.25) is 24.5 Å². The Kier molecular flexibility index (Phi) is 7.77. The van der Waals surface area contributed by atoms with Gasteiger partial charge in [-0.2, -0.15) is 0 Å². The molecule has 0 aliphatic heterocycles. The summed E-state index contributed by atoms with van der Waals surface area (Å²) in [4.78, 5) is 69.9. The number of Topliss-reactive ketones (excluding diaryl/α,β-unsaturated/α-hetero) is 3. The Morgan fingerprint density at radius 3 is 2.27 bits per heavy atom. The third kappa shape index (κ3) is 4.71. The Labute approximate surface area is 253 Å². The van der Waals surface area contributed by atoms with E-state index in [1.54, 1.807) is 57.4 Å². The number of primary amides is 1. The number of aliphatic hydroxyl groups excluding tert-OH is 1. The molecular formula is C31H36N4O9. The Morgan fingerprint density at radius 1 is 1.07 bits per heavy atom. The smallest absolute Gasteiger partial charge is 0.417 e. The minimum Gasteiger partial charge on any atom is -0.505 e. The number of nitrogens with zero attached hydrogens (tertiary/aromatic N) is 2. The largest absolute Gasteiger partial charge is 0.505 e. The lowest BCUT2D eigenvalue weighted by Gasteiger charge is -2.55. The van der Waals surface area contributed by atoms with Crippen molar-refractivity contribution in [2.75, 3.05) is 38.4 Å². The highest BCUT2D eigenvalue weighted by atomic mass is 16.6. The number of amides is 2. The normalized spacial score (nSPS) is 29.4. The number of hydrogen-bond acceptors (Lipinski definition) is 11. The molecule has 6 N–H and O–H groups in total. The van der Waals surface area contributed by atoms with Gasteiger partial charge in [-0.15, -0.1) is 0 Å². The first-order valence-electron chi connectivity index (χ1n) is 14.2. The molecule has 0 saturated heterocycles. The summed E-state index contributed by atoms with van der Waals surface area (Å²) in [5, 5.41) is 36.6. The van der Waals surface area contributed by atoms with Gasteiger partial charge in [-0.25, -0.2) is 4.79 Å². The first-order chi connectivity index (χ1) is 20.6. The van der Waals surface area contributed by atoms with Gasteiger partial charge in [-0.05, 0) is 63.5 Å². The summed E-state index contributed by atoms with van der Waals surface area (Å²) < 4.78 is 5.31. The number of aliphatic hydroxyl groups is 2. The molecule has 2 fully saturated rings. The highest BCUT2D eigenvalue weighted by Gasteiger charge is 2.69. The SMILES string of the molecule is Cc1ccc(OC(=O)Nc2cc(N(C)C)c3c(c2O)C(=O)C2C(=O)[C@@]4(O)C(=O)C(C(N)=O)C(O)[C@H](N(C)C)[C@H]4C[C@H]2C3)cc1. The number of fused-ring (bicyclic) bond motifs is 3. The van der Waals surface area contributed by atoms with Crippen molar-refractivity contribution in [1.82, 2.24) is 4.90 Å². The van der Waals surface area contributed by atoms with Gasteiger partial charge in [0.15, 0.2) is 23.0 Å². The van der Waals surface area contributed by atoms with E-state index in [-0.39, 0.29) is 29.8 Å². The van der Waals surface area contributed by atoms with Crippen molar-refractivity contribution in [3.63, 3.8) is 0 Å². The maximum Gasteiger partial charge on any atom is 0.417 e. The van der Waals surface area contributed by atoms with Crippen LogP contribution < -0.4 is 20.7 Å². The number of ether oxygens (including phenoxy) is 1. The quantitative estimate of drug-likeness (QED) is 0.236. The second kappa shape index (κ2) is 11.0. The minimum atomic E-state index is -2.77. The Bertz CT molecular complexity index is 1570. The van der Waals surface area contributed by atoms with E-state index in [4.69, 9.17) is 10.5 Å². The predicted octanol–water partition coefficient (Wildman–Crippen LogP) is 0.644. The van der Waals surface area contributed by atoms with Crippen molar-refractivity contribution in [2.45, 2.75) is 37.5 Å². The van der Waals surface area contributed by atoms with E-state index in [0.717, 1.165) is 5.56 Å². The number of benzene rings is 2. The van der Waals surface area contributed by atoms with E-state index >= 15 is 0 Å². The lowest BCUT2D eigenvalue weighted by molar-refractivity contribution is -0.190. The topological polar surface area (TPSA) is 200 Å². The highest BCUT2D eigenvalue weighted by Crippen LogP contribution is 2.53. The maximum atomic E-state index is 14.1. The van der Waals surface area contributed by atoms with Crippen LogP contribution in [0.15, 0.2) is 30.3 Å². The van der Waals surface area contributed by atoms with Crippen LogP contribution in [0, 0.1) is 30.6 Å². The van der Waals surface area contributed by atoms with Crippen molar-refractivity contribution in [3.8, 4) is 11.5 Å². The van der Waals surface area contributed by atoms with Crippen molar-refractivity contribution < 1.29 is 44.0 Å². The predicted molar refractivity (Wildman–Crippen MR) is 158 cm³/mol. The van der Waals surface area contributed by atoms with E-state index in [1.165, 1.54) is 11.0 Å². The van der Waals surface area contributed by atoms with Crippen LogP contribution in [-0.4, -0.2) is 95.5 Å². The molecule has 3 unspecified atom stereocenters. The summed E-state index contributed by atoms with van der Waals surface area (Å²) >= 11 is 0. The molecule has 0 bridgehead atoms. The van der Waals surface area contributed by atoms with Crippen LogP contribution in [0.5, 0.6) is 11.5 Å². The van der Waals surface area contributed by atoms with Gasteiger partial charge in [0, 0.05) is 31.7 Å². The van der Waals surface area contributed by atoms with Crippen LogP contribution >= 0.6 is 0 Å². The third-order valence-electron chi connectivity index (χ3n) is 9.22. The zero-order valence-electron chi connectivity index (χ0n) is 25.0. The molecule has 2 aromatic carbocycles. The molecule has 3 aliphatic carbocycles. The first-order valence-corrected chi connectivity index (χ1v) is 14.2. The van der Waals surface area contributed by atoms with Crippen molar-refractivity contribution in [1.29, 1.82) is 0 Å². The maximum absolute atomic E-state index is 14.1. The van der Waals surface area contributed by atoms with Gasteiger partial charge < -0.3 is 35.6 Å². The summed E-state index contributed by atoms with van der Waals surface area (Å²) in [6, 6.07) is 7.19. The molecule has 13 nitrogen and oxygen atoms in total. The molecule has 0 spiro atoms. The number of carbonyl (C=O) groups is 5. The number of carbonyl (C=O) groups excluding carboxylic acids is 5. The molecule has 3 aliphatic rings. The lowest BCUT2D eigenvalue weighted by Crippen LogP contribution is -2.75. The number of likely N-dealkylation sites (N-methyl/N-ethyl adjacent to an activating group) is 1. The minimum absolute atomic E-state index is 0.00821. The van der Waals surface area contributed by atoms with Crippen LogP contribution in [0.25, 0.3) is 0 Å².